The topological polar surface area (TPSA) is 38.8 Å². The molecule has 0 saturated carbocycles. The molecule has 144 valence electrons. The summed E-state index contributed by atoms with van der Waals surface area (Å²) in [6.07, 6.45) is 0. The van der Waals surface area contributed by atoms with Gasteiger partial charge in [0, 0.05) is 28.4 Å². The highest BCUT2D eigenvalue weighted by Gasteiger charge is 2.35. The van der Waals surface area contributed by atoms with Gasteiger partial charge in [-0.25, -0.2) is 0 Å². The largest absolute Gasteiger partial charge is 0.496 e. The molecule has 0 spiro atoms. The van der Waals surface area contributed by atoms with Gasteiger partial charge in [-0.1, -0.05) is 23.9 Å². The molecule has 0 N–H and O–H groups in total. The summed E-state index contributed by atoms with van der Waals surface area (Å²) in [5.41, 5.74) is 0.214. The van der Waals surface area contributed by atoms with E-state index in [4.69, 9.17) is 9.47 Å². The molecule has 4 nitrogen and oxygen atoms in total. The van der Waals surface area contributed by atoms with E-state index in [-0.39, 0.29) is 5.78 Å². The number of carbonyl (C=O) groups excluding carboxylic acids is 1. The number of Topliss-reactive ketones (excluding diaryl/α,β-unsaturated/α-hetero) is 1. The first-order chi connectivity index (χ1) is 12.9. The molecule has 1 saturated heterocycles. The van der Waals surface area contributed by atoms with E-state index >= 15 is 0 Å². The van der Waals surface area contributed by atoms with Crippen molar-refractivity contribution < 1.29 is 14.3 Å². The first-order valence-corrected chi connectivity index (χ1v) is 10.5. The summed E-state index contributed by atoms with van der Waals surface area (Å²) in [5, 5.41) is 0. The van der Waals surface area contributed by atoms with Crippen molar-refractivity contribution >= 4 is 33.5 Å². The van der Waals surface area contributed by atoms with Gasteiger partial charge in [-0.15, -0.1) is 0 Å². The van der Waals surface area contributed by atoms with Crippen molar-refractivity contribution in [3.63, 3.8) is 0 Å². The number of benzene rings is 2. The van der Waals surface area contributed by atoms with E-state index in [0.717, 1.165) is 38.7 Å². The van der Waals surface area contributed by atoms with Crippen molar-refractivity contribution in [1.29, 1.82) is 0 Å². The summed E-state index contributed by atoms with van der Waals surface area (Å²) >= 11 is 5.17. The molecule has 2 aromatic rings. The normalized spacial score (nSPS) is 15.6. The number of carbonyl (C=O) groups is 1. The molecule has 1 fully saturated rings. The molecule has 0 unspecified atom stereocenters. The quantitative estimate of drug-likeness (QED) is 0.586. The van der Waals surface area contributed by atoms with Crippen molar-refractivity contribution in [3.8, 4) is 5.75 Å². The van der Waals surface area contributed by atoms with E-state index in [1.807, 2.05) is 56.3 Å². The van der Waals surface area contributed by atoms with Crippen LogP contribution in [0.1, 0.15) is 24.2 Å². The molecule has 2 aromatic carbocycles. The zero-order valence-corrected chi connectivity index (χ0v) is 18.2. The number of hydrogen-bond acceptors (Lipinski definition) is 5. The van der Waals surface area contributed by atoms with E-state index in [1.54, 1.807) is 18.9 Å². The van der Waals surface area contributed by atoms with Gasteiger partial charge < -0.3 is 9.47 Å². The van der Waals surface area contributed by atoms with Gasteiger partial charge >= 0.3 is 0 Å². The minimum atomic E-state index is -0.528. The lowest BCUT2D eigenvalue weighted by Gasteiger charge is -2.39. The highest BCUT2D eigenvalue weighted by Crippen LogP contribution is 2.34. The molecule has 0 atom stereocenters. The van der Waals surface area contributed by atoms with E-state index in [0.29, 0.717) is 13.2 Å². The predicted octanol–water partition coefficient (Wildman–Crippen LogP) is 4.90. The fourth-order valence-electron chi connectivity index (χ4n) is 3.14. The maximum atomic E-state index is 13.0. The number of methoxy groups -OCH3 is 1. The fourth-order valence-corrected chi connectivity index (χ4v) is 4.69. The number of halogens is 1. The summed E-state index contributed by atoms with van der Waals surface area (Å²) < 4.78 is 11.6. The first kappa shape index (κ1) is 20.4. The van der Waals surface area contributed by atoms with E-state index in [2.05, 4.69) is 20.8 Å². The van der Waals surface area contributed by atoms with Crippen LogP contribution in [0.3, 0.4) is 0 Å². The van der Waals surface area contributed by atoms with Crippen LogP contribution in [0.5, 0.6) is 5.75 Å². The Hall–Kier alpha value is -1.34. The Morgan fingerprint density at radius 1 is 1.11 bits per heavy atom. The highest BCUT2D eigenvalue weighted by molar-refractivity contribution is 9.10. The van der Waals surface area contributed by atoms with Crippen LogP contribution >= 0.6 is 27.7 Å². The van der Waals surface area contributed by atoms with Gasteiger partial charge in [0.1, 0.15) is 5.75 Å². The Labute approximate surface area is 173 Å². The van der Waals surface area contributed by atoms with Crippen LogP contribution in [0, 0.1) is 0 Å². The number of hydrogen-bond donors (Lipinski definition) is 0. The van der Waals surface area contributed by atoms with Gasteiger partial charge in [-0.3, -0.25) is 9.69 Å². The molecule has 27 heavy (non-hydrogen) atoms. The number of ketones is 1. The Morgan fingerprint density at radius 3 is 2.33 bits per heavy atom. The lowest BCUT2D eigenvalue weighted by atomic mass is 9.91. The van der Waals surface area contributed by atoms with Crippen LogP contribution in [-0.2, 0) is 4.74 Å². The molecule has 0 amide bonds. The van der Waals surface area contributed by atoms with Gasteiger partial charge in [0.2, 0.25) is 0 Å². The molecule has 1 heterocycles. The fraction of sp³-hybridized carbons (Fsp3) is 0.381. The smallest absolute Gasteiger partial charge is 0.182 e. The third kappa shape index (κ3) is 4.74. The summed E-state index contributed by atoms with van der Waals surface area (Å²) in [7, 11) is 1.65. The second-order valence-electron chi connectivity index (χ2n) is 6.91. The van der Waals surface area contributed by atoms with Crippen LogP contribution in [0.2, 0.25) is 0 Å². The number of morpholine rings is 1. The van der Waals surface area contributed by atoms with Gasteiger partial charge in [0.15, 0.2) is 5.78 Å². The van der Waals surface area contributed by atoms with Gasteiger partial charge in [0.05, 0.1) is 30.3 Å². The highest BCUT2D eigenvalue weighted by atomic mass is 79.9. The van der Waals surface area contributed by atoms with Crippen molar-refractivity contribution in [2.75, 3.05) is 33.4 Å². The van der Waals surface area contributed by atoms with Crippen molar-refractivity contribution in [1.82, 2.24) is 4.90 Å². The molecule has 6 heteroatoms. The van der Waals surface area contributed by atoms with E-state index in [9.17, 15) is 4.79 Å². The van der Waals surface area contributed by atoms with Crippen molar-refractivity contribution in [2.45, 2.75) is 29.2 Å². The molecular weight excluding hydrogens is 426 g/mol. The Balaban J connectivity index is 1.71. The Kier molecular flexibility index (Phi) is 6.63. The number of nitrogens with zero attached hydrogens (tertiary/aromatic N) is 1. The minimum absolute atomic E-state index is 0.146. The predicted molar refractivity (Wildman–Crippen MR) is 112 cm³/mol. The lowest BCUT2D eigenvalue weighted by molar-refractivity contribution is -0.00430. The average molecular weight is 450 g/mol. The molecule has 0 aliphatic carbocycles. The SMILES string of the molecule is COc1ccc(Sc2ccc(C(=O)C(C)(C)N3CCOCC3)cc2)cc1Br. The zero-order valence-electron chi connectivity index (χ0n) is 15.8. The van der Waals surface area contributed by atoms with Crippen molar-refractivity contribution in [3.05, 3.63) is 52.5 Å². The number of ether oxygens (including phenoxy) is 2. The maximum absolute atomic E-state index is 13.0. The summed E-state index contributed by atoms with van der Waals surface area (Å²) in [6, 6.07) is 13.8. The van der Waals surface area contributed by atoms with Crippen LogP contribution in [0.4, 0.5) is 0 Å². The summed E-state index contributed by atoms with van der Waals surface area (Å²) in [5.74, 6) is 0.957. The third-order valence-corrected chi connectivity index (χ3v) is 6.45. The maximum Gasteiger partial charge on any atom is 0.182 e. The van der Waals surface area contributed by atoms with Crippen LogP contribution in [0.25, 0.3) is 0 Å². The first-order valence-electron chi connectivity index (χ1n) is 8.91. The second kappa shape index (κ2) is 8.78. The summed E-state index contributed by atoms with van der Waals surface area (Å²) in [4.78, 5) is 17.4. The van der Waals surface area contributed by atoms with Gasteiger partial charge in [-0.05, 0) is 60.1 Å². The molecule has 0 radical (unpaired) electrons. The standard InChI is InChI=1S/C21H24BrNO3S/c1-21(2,23-10-12-26-13-11-23)20(24)15-4-6-16(7-5-15)27-17-8-9-19(25-3)18(22)14-17/h4-9,14H,10-13H2,1-3H3. The molecule has 3 rings (SSSR count). The van der Waals surface area contributed by atoms with Crippen LogP contribution in [-0.4, -0.2) is 49.6 Å². The number of rotatable bonds is 6. The molecular formula is C21H24BrNO3S. The monoisotopic (exact) mass is 449 g/mol. The zero-order chi connectivity index (χ0) is 19.4. The van der Waals surface area contributed by atoms with E-state index in [1.165, 1.54) is 0 Å². The Morgan fingerprint density at radius 2 is 1.74 bits per heavy atom. The average Bonchev–Trinajstić information content (AvgIpc) is 2.69. The van der Waals surface area contributed by atoms with Crippen LogP contribution in [0.15, 0.2) is 56.7 Å². The van der Waals surface area contributed by atoms with E-state index < -0.39 is 5.54 Å². The van der Waals surface area contributed by atoms with Gasteiger partial charge in [0.25, 0.3) is 0 Å². The second-order valence-corrected chi connectivity index (χ2v) is 8.91. The minimum Gasteiger partial charge on any atom is -0.496 e. The molecule has 0 bridgehead atoms. The molecule has 0 aromatic heterocycles. The van der Waals surface area contributed by atoms with Crippen LogP contribution < -0.4 is 4.74 Å². The molecule has 1 aliphatic heterocycles. The van der Waals surface area contributed by atoms with Gasteiger partial charge in [-0.2, -0.15) is 0 Å². The Bertz CT molecular complexity index is 802. The third-order valence-electron chi connectivity index (χ3n) is 4.83. The van der Waals surface area contributed by atoms with Crippen molar-refractivity contribution in [2.24, 2.45) is 0 Å². The lowest BCUT2D eigenvalue weighted by Crippen LogP contribution is -2.54. The molecule has 1 aliphatic rings. The summed E-state index contributed by atoms with van der Waals surface area (Å²) in [6.45, 7) is 6.95.